The Hall–Kier alpha value is -0.210. The van der Waals surface area contributed by atoms with Crippen LogP contribution in [0.25, 0.3) is 0 Å². The third-order valence-electron chi connectivity index (χ3n) is 5.04. The minimum absolute atomic E-state index is 0.0101. The van der Waals surface area contributed by atoms with E-state index in [2.05, 4.69) is 86.5 Å². The summed E-state index contributed by atoms with van der Waals surface area (Å²) >= 11 is 6.77. The predicted molar refractivity (Wildman–Crippen MR) is 138 cm³/mol. The van der Waals surface area contributed by atoms with Gasteiger partial charge in [-0.2, -0.15) is 0 Å². The Kier molecular flexibility index (Phi) is 8.41. The van der Waals surface area contributed by atoms with Gasteiger partial charge in [0.1, 0.15) is 11.6 Å². The molecule has 1 heterocycles. The van der Waals surface area contributed by atoms with Gasteiger partial charge in [0.25, 0.3) is 5.91 Å². The van der Waals surface area contributed by atoms with Crippen molar-refractivity contribution >= 4 is 73.7 Å². The number of ether oxygens (including phenoxy) is 1. The highest BCUT2D eigenvalue weighted by Crippen LogP contribution is 2.29. The topological polar surface area (TPSA) is 32.8 Å². The van der Waals surface area contributed by atoms with Crippen LogP contribution in [0.4, 0.5) is 4.39 Å². The lowest BCUT2D eigenvalue weighted by atomic mass is 10.1. The van der Waals surface area contributed by atoms with Crippen molar-refractivity contribution in [3.8, 4) is 5.75 Å². The van der Waals surface area contributed by atoms with Crippen LogP contribution >= 0.6 is 67.8 Å². The number of carbonyl (C=O) groups excluding carboxylic acids is 1. The van der Waals surface area contributed by atoms with Gasteiger partial charge in [0.05, 0.1) is 7.14 Å². The fourth-order valence-corrected chi connectivity index (χ4v) is 7.37. The van der Waals surface area contributed by atoms with Gasteiger partial charge in [0.15, 0.2) is 6.61 Å². The molecular weight excluding hydrogens is 712 g/mol. The zero-order valence-electron chi connectivity index (χ0n) is 16.2. The number of carbonyl (C=O) groups is 1. The summed E-state index contributed by atoms with van der Waals surface area (Å²) in [6, 6.07) is 11.0. The Bertz CT molecular complexity index is 856. The molecule has 1 aliphatic rings. The first-order valence-corrected chi connectivity index (χ1v) is 12.5. The van der Waals surface area contributed by atoms with Crippen molar-refractivity contribution in [3.05, 3.63) is 58.5 Å². The molecule has 2 aromatic carbocycles. The van der Waals surface area contributed by atoms with Crippen LogP contribution in [-0.2, 0) is 11.3 Å². The van der Waals surface area contributed by atoms with Crippen LogP contribution in [0.2, 0.25) is 0 Å². The molecule has 0 unspecified atom stereocenters. The Balaban J connectivity index is 1.59. The molecule has 0 saturated carbocycles. The highest BCUT2D eigenvalue weighted by molar-refractivity contribution is 14.1. The van der Waals surface area contributed by atoms with Crippen LogP contribution in [0.1, 0.15) is 19.4 Å². The predicted octanol–water partition coefficient (Wildman–Crippen LogP) is 5.14. The Labute approximate surface area is 212 Å². The van der Waals surface area contributed by atoms with E-state index in [0.29, 0.717) is 6.54 Å². The van der Waals surface area contributed by atoms with E-state index >= 15 is 0 Å². The number of hydrogen-bond donors (Lipinski definition) is 0. The van der Waals surface area contributed by atoms with Gasteiger partial charge in [-0.25, -0.2) is 4.39 Å². The van der Waals surface area contributed by atoms with Crippen LogP contribution in [0.5, 0.6) is 5.75 Å². The minimum atomic E-state index is -0.219. The fraction of sp³-hybridized carbons (Fsp3) is 0.381. The molecule has 4 nitrogen and oxygen atoms in total. The molecule has 1 fully saturated rings. The molecule has 2 aromatic rings. The maximum absolute atomic E-state index is 13.1. The van der Waals surface area contributed by atoms with Crippen molar-refractivity contribution in [2.24, 2.45) is 0 Å². The first-order valence-electron chi connectivity index (χ1n) is 9.30. The van der Waals surface area contributed by atoms with Crippen molar-refractivity contribution in [1.29, 1.82) is 0 Å². The summed E-state index contributed by atoms with van der Waals surface area (Å²) in [6.45, 7) is 6.43. The summed E-state index contributed by atoms with van der Waals surface area (Å²) in [7, 11) is 0. The normalized spacial score (nSPS) is 20.0. The second-order valence-corrected chi connectivity index (χ2v) is 10.9. The van der Waals surface area contributed by atoms with E-state index in [9.17, 15) is 9.18 Å². The molecule has 156 valence electrons. The zero-order chi connectivity index (χ0) is 21.1. The molecule has 3 rings (SSSR count). The zero-order valence-corrected chi connectivity index (χ0v) is 22.6. The van der Waals surface area contributed by atoms with Gasteiger partial charge >= 0.3 is 0 Å². The molecule has 1 saturated heterocycles. The molecule has 1 amide bonds. The molecule has 0 radical (unpaired) electrons. The van der Waals surface area contributed by atoms with E-state index in [0.717, 1.165) is 35.1 Å². The van der Waals surface area contributed by atoms with E-state index in [-0.39, 0.29) is 30.4 Å². The fourth-order valence-electron chi connectivity index (χ4n) is 3.47. The lowest BCUT2D eigenvalue weighted by molar-refractivity contribution is -0.139. The maximum atomic E-state index is 13.1. The summed E-state index contributed by atoms with van der Waals surface area (Å²) in [5.74, 6) is 0.564. The smallest absolute Gasteiger partial charge is 0.260 e. The lowest BCUT2D eigenvalue weighted by Gasteiger charge is -2.44. The van der Waals surface area contributed by atoms with Gasteiger partial charge < -0.3 is 9.64 Å². The second-order valence-electron chi connectivity index (χ2n) is 7.29. The Morgan fingerprint density at radius 1 is 1.07 bits per heavy atom. The highest BCUT2D eigenvalue weighted by atomic mass is 127. The number of rotatable bonds is 5. The summed E-state index contributed by atoms with van der Waals surface area (Å²) in [4.78, 5) is 17.1. The van der Waals surface area contributed by atoms with Crippen LogP contribution in [0.3, 0.4) is 0 Å². The Morgan fingerprint density at radius 3 is 2.31 bits per heavy atom. The number of nitrogens with zero attached hydrogens (tertiary/aromatic N) is 2. The standard InChI is InChI=1S/C21H22FI3N2O2/c1-13-10-27(14(2)9-26(13)11-15-3-5-16(22)6-4-15)20(28)12-29-21-18(24)7-17(23)8-19(21)25/h3-8,13-14H,9-12H2,1-2H3/t13-,14+/m1/s1. The summed E-state index contributed by atoms with van der Waals surface area (Å²) in [6.07, 6.45) is 0. The molecule has 0 spiro atoms. The minimum Gasteiger partial charge on any atom is -0.482 e. The van der Waals surface area contributed by atoms with Gasteiger partial charge in [0, 0.05) is 35.3 Å². The lowest BCUT2D eigenvalue weighted by Crippen LogP contribution is -2.58. The molecule has 0 N–H and O–H groups in total. The van der Waals surface area contributed by atoms with Gasteiger partial charge in [0.2, 0.25) is 0 Å². The molecule has 0 bridgehead atoms. The average molecular weight is 734 g/mol. The van der Waals surface area contributed by atoms with Crippen LogP contribution in [0.15, 0.2) is 36.4 Å². The molecule has 8 heteroatoms. The van der Waals surface area contributed by atoms with Gasteiger partial charge in [-0.3, -0.25) is 9.69 Å². The van der Waals surface area contributed by atoms with Crippen LogP contribution < -0.4 is 4.74 Å². The maximum Gasteiger partial charge on any atom is 0.260 e. The van der Waals surface area contributed by atoms with E-state index in [1.165, 1.54) is 12.1 Å². The highest BCUT2D eigenvalue weighted by Gasteiger charge is 2.32. The van der Waals surface area contributed by atoms with Crippen molar-refractivity contribution in [2.75, 3.05) is 19.7 Å². The molecule has 29 heavy (non-hydrogen) atoms. The van der Waals surface area contributed by atoms with Crippen molar-refractivity contribution in [3.63, 3.8) is 0 Å². The van der Waals surface area contributed by atoms with E-state index in [4.69, 9.17) is 4.74 Å². The number of amides is 1. The SMILES string of the molecule is C[C@@H]1CN(C(=O)COc2c(I)cc(I)cc2I)[C@@H](C)CN1Cc1ccc(F)cc1. The van der Waals surface area contributed by atoms with Crippen molar-refractivity contribution in [2.45, 2.75) is 32.5 Å². The molecule has 0 aromatic heterocycles. The largest absolute Gasteiger partial charge is 0.482 e. The average Bonchev–Trinajstić information content (AvgIpc) is 2.65. The van der Waals surface area contributed by atoms with E-state index in [1.54, 1.807) is 0 Å². The number of benzene rings is 2. The van der Waals surface area contributed by atoms with E-state index < -0.39 is 0 Å². The molecule has 2 atom stereocenters. The molecule has 1 aliphatic heterocycles. The quantitative estimate of drug-likeness (QED) is 0.400. The second kappa shape index (κ2) is 10.4. The summed E-state index contributed by atoms with van der Waals surface area (Å²) < 4.78 is 22.2. The van der Waals surface area contributed by atoms with Crippen LogP contribution in [-0.4, -0.2) is 47.5 Å². The number of halogens is 4. The first kappa shape index (κ1) is 23.5. The Morgan fingerprint density at radius 2 is 1.69 bits per heavy atom. The van der Waals surface area contributed by atoms with Crippen molar-refractivity contribution in [1.82, 2.24) is 9.80 Å². The van der Waals surface area contributed by atoms with E-state index in [1.807, 2.05) is 29.2 Å². The monoisotopic (exact) mass is 734 g/mol. The number of hydrogen-bond acceptors (Lipinski definition) is 3. The number of piperazine rings is 1. The summed E-state index contributed by atoms with van der Waals surface area (Å²) in [5.41, 5.74) is 1.08. The third-order valence-corrected chi connectivity index (χ3v) is 7.26. The van der Waals surface area contributed by atoms with Crippen LogP contribution in [0, 0.1) is 16.5 Å². The molecular formula is C21H22FI3N2O2. The first-order chi connectivity index (χ1) is 13.7. The van der Waals surface area contributed by atoms with Crippen molar-refractivity contribution < 1.29 is 13.9 Å². The molecule has 0 aliphatic carbocycles. The summed E-state index contributed by atoms with van der Waals surface area (Å²) in [5, 5.41) is 0. The van der Waals surface area contributed by atoms with Gasteiger partial charge in [-0.1, -0.05) is 12.1 Å². The third kappa shape index (κ3) is 6.16. The van der Waals surface area contributed by atoms with Gasteiger partial charge in [-0.05, 0) is 111 Å². The van der Waals surface area contributed by atoms with Gasteiger partial charge in [-0.15, -0.1) is 0 Å².